The van der Waals surface area contributed by atoms with Gasteiger partial charge in [-0.25, -0.2) is 0 Å². The van der Waals surface area contributed by atoms with Gasteiger partial charge >= 0.3 is 0 Å². The van der Waals surface area contributed by atoms with E-state index >= 15 is 0 Å². The third-order valence-corrected chi connectivity index (χ3v) is 2.94. The van der Waals surface area contributed by atoms with Gasteiger partial charge in [0.2, 0.25) is 0 Å². The van der Waals surface area contributed by atoms with Crippen molar-refractivity contribution in [3.05, 3.63) is 5.92 Å². The zero-order valence-corrected chi connectivity index (χ0v) is 9.89. The summed E-state index contributed by atoms with van der Waals surface area (Å²) in [6, 6.07) is 0. The molecular weight excluding hydrogens is 188 g/mol. The highest BCUT2D eigenvalue weighted by atomic mass is 16.5. The van der Waals surface area contributed by atoms with Crippen molar-refractivity contribution in [1.82, 2.24) is 0 Å². The van der Waals surface area contributed by atoms with Gasteiger partial charge in [0.1, 0.15) is 6.61 Å². The molecule has 0 amide bonds. The summed E-state index contributed by atoms with van der Waals surface area (Å²) < 4.78 is 5.45. The molecule has 0 atom stereocenters. The molecule has 1 radical (unpaired) electrons. The minimum absolute atomic E-state index is 0.258. The first-order chi connectivity index (χ1) is 7.33. The van der Waals surface area contributed by atoms with Crippen molar-refractivity contribution in [2.75, 3.05) is 13.2 Å². The van der Waals surface area contributed by atoms with Gasteiger partial charge in [0.25, 0.3) is 0 Å². The monoisotopic (exact) mass is 211 g/mol. The van der Waals surface area contributed by atoms with E-state index in [0.29, 0.717) is 13.0 Å². The molecule has 1 saturated carbocycles. The average Bonchev–Trinajstić information content (AvgIpc) is 2.28. The lowest BCUT2D eigenvalue weighted by atomic mass is 9.90. The van der Waals surface area contributed by atoms with Crippen LogP contribution in [0, 0.1) is 5.92 Å². The van der Waals surface area contributed by atoms with E-state index in [-0.39, 0.29) is 5.78 Å². The number of rotatable bonds is 7. The first-order valence-corrected chi connectivity index (χ1v) is 6.26. The van der Waals surface area contributed by atoms with Crippen LogP contribution in [0.15, 0.2) is 0 Å². The lowest BCUT2D eigenvalue weighted by Crippen LogP contribution is -2.15. The van der Waals surface area contributed by atoms with Crippen LogP contribution in [0.4, 0.5) is 0 Å². The van der Waals surface area contributed by atoms with Gasteiger partial charge in [0.15, 0.2) is 5.78 Å². The molecule has 0 spiro atoms. The molecule has 0 heterocycles. The van der Waals surface area contributed by atoms with Crippen LogP contribution in [-0.2, 0) is 9.53 Å². The minimum atomic E-state index is 0.258. The quantitative estimate of drug-likeness (QED) is 0.646. The first-order valence-electron chi connectivity index (χ1n) is 6.26. The molecule has 1 fully saturated rings. The molecule has 1 aliphatic carbocycles. The molecule has 87 valence electrons. The molecule has 0 unspecified atom stereocenters. The summed E-state index contributed by atoms with van der Waals surface area (Å²) in [6.07, 6.45) is 9.17. The predicted molar refractivity (Wildman–Crippen MR) is 61.7 cm³/mol. The van der Waals surface area contributed by atoms with Crippen LogP contribution in [0.5, 0.6) is 0 Å². The summed E-state index contributed by atoms with van der Waals surface area (Å²) in [5.74, 6) is 1.76. The number of carbonyl (C=O) groups is 1. The Morgan fingerprint density at radius 2 is 2.00 bits per heavy atom. The zero-order chi connectivity index (χ0) is 10.9. The molecule has 15 heavy (non-hydrogen) atoms. The van der Waals surface area contributed by atoms with Crippen molar-refractivity contribution in [3.8, 4) is 0 Å². The van der Waals surface area contributed by atoms with Gasteiger partial charge in [-0.05, 0) is 19.3 Å². The van der Waals surface area contributed by atoms with Crippen LogP contribution in [0.3, 0.4) is 0 Å². The Labute approximate surface area is 93.4 Å². The standard InChI is InChI=1S/C13H23O2/c1-2-3-9-13(14)11-15-10-12-7-5-4-6-8-12/h2-11H2,1H3. The van der Waals surface area contributed by atoms with Gasteiger partial charge in [-0.2, -0.15) is 0 Å². The van der Waals surface area contributed by atoms with Crippen molar-refractivity contribution in [2.24, 2.45) is 0 Å². The number of ether oxygens (including phenoxy) is 1. The van der Waals surface area contributed by atoms with E-state index in [2.05, 4.69) is 6.92 Å². The molecule has 0 aliphatic heterocycles. The van der Waals surface area contributed by atoms with E-state index < -0.39 is 0 Å². The van der Waals surface area contributed by atoms with E-state index in [1.807, 2.05) is 0 Å². The van der Waals surface area contributed by atoms with Crippen LogP contribution >= 0.6 is 0 Å². The Kier molecular flexibility index (Phi) is 6.66. The molecule has 1 rings (SSSR count). The summed E-state index contributed by atoms with van der Waals surface area (Å²) >= 11 is 0. The highest BCUT2D eigenvalue weighted by Crippen LogP contribution is 2.25. The highest BCUT2D eigenvalue weighted by Gasteiger charge is 2.14. The Morgan fingerprint density at radius 3 is 2.67 bits per heavy atom. The lowest BCUT2D eigenvalue weighted by molar-refractivity contribution is -0.123. The SMILES string of the molecule is CCCCC(=O)COC[C]1CCCCC1. The molecule has 2 nitrogen and oxygen atoms in total. The second kappa shape index (κ2) is 7.86. The van der Waals surface area contributed by atoms with E-state index in [1.54, 1.807) is 0 Å². The van der Waals surface area contributed by atoms with Crippen LogP contribution in [0.25, 0.3) is 0 Å². The summed E-state index contributed by atoms with van der Waals surface area (Å²) in [5, 5.41) is 0. The average molecular weight is 211 g/mol. The van der Waals surface area contributed by atoms with Crippen LogP contribution in [0.1, 0.15) is 58.3 Å². The lowest BCUT2D eigenvalue weighted by Gasteiger charge is -2.20. The summed E-state index contributed by atoms with van der Waals surface area (Å²) in [4.78, 5) is 11.3. The largest absolute Gasteiger partial charge is 0.373 e. The maximum Gasteiger partial charge on any atom is 0.158 e. The molecule has 2 heteroatoms. The number of hydrogen-bond donors (Lipinski definition) is 0. The van der Waals surface area contributed by atoms with Crippen molar-refractivity contribution in [3.63, 3.8) is 0 Å². The Morgan fingerprint density at radius 1 is 1.27 bits per heavy atom. The topological polar surface area (TPSA) is 26.3 Å². The Bertz CT molecular complexity index is 171. The first kappa shape index (κ1) is 12.7. The van der Waals surface area contributed by atoms with Gasteiger partial charge in [-0.15, -0.1) is 0 Å². The molecule has 1 aliphatic rings. The number of unbranched alkanes of at least 4 members (excludes halogenated alkanes) is 1. The second-order valence-electron chi connectivity index (χ2n) is 4.45. The maximum atomic E-state index is 11.3. The van der Waals surface area contributed by atoms with Crippen LogP contribution in [0.2, 0.25) is 0 Å². The summed E-state index contributed by atoms with van der Waals surface area (Å²) in [5.41, 5.74) is 0. The molecule has 0 aromatic heterocycles. The predicted octanol–water partition coefficient (Wildman–Crippen LogP) is 3.30. The van der Waals surface area contributed by atoms with Crippen molar-refractivity contribution in [1.29, 1.82) is 0 Å². The van der Waals surface area contributed by atoms with Gasteiger partial charge in [0.05, 0.1) is 6.61 Å². The van der Waals surface area contributed by atoms with Gasteiger partial charge in [-0.3, -0.25) is 4.79 Å². The second-order valence-corrected chi connectivity index (χ2v) is 4.45. The number of hydrogen-bond acceptors (Lipinski definition) is 2. The summed E-state index contributed by atoms with van der Waals surface area (Å²) in [7, 11) is 0. The number of Topliss-reactive ketones (excluding diaryl/α,β-unsaturated/α-hetero) is 1. The van der Waals surface area contributed by atoms with E-state index in [1.165, 1.54) is 38.0 Å². The number of carbonyl (C=O) groups excluding carboxylic acids is 1. The summed E-state index contributed by atoms with van der Waals surface area (Å²) in [6.45, 7) is 3.15. The molecular formula is C13H23O2. The maximum absolute atomic E-state index is 11.3. The smallest absolute Gasteiger partial charge is 0.158 e. The van der Waals surface area contributed by atoms with Crippen molar-refractivity contribution in [2.45, 2.75) is 58.3 Å². The van der Waals surface area contributed by atoms with Crippen LogP contribution in [-0.4, -0.2) is 19.0 Å². The zero-order valence-electron chi connectivity index (χ0n) is 9.89. The molecule has 0 aromatic carbocycles. The van der Waals surface area contributed by atoms with Gasteiger partial charge < -0.3 is 4.74 Å². The highest BCUT2D eigenvalue weighted by molar-refractivity contribution is 5.79. The fraction of sp³-hybridized carbons (Fsp3) is 0.846. The molecule has 0 saturated heterocycles. The molecule has 0 bridgehead atoms. The van der Waals surface area contributed by atoms with Gasteiger partial charge in [-0.1, -0.05) is 32.6 Å². The van der Waals surface area contributed by atoms with E-state index in [9.17, 15) is 4.79 Å². The molecule has 0 aromatic rings. The third-order valence-electron chi connectivity index (χ3n) is 2.94. The Hall–Kier alpha value is -0.370. The van der Waals surface area contributed by atoms with Crippen LogP contribution < -0.4 is 0 Å². The van der Waals surface area contributed by atoms with E-state index in [4.69, 9.17) is 4.74 Å². The van der Waals surface area contributed by atoms with Crippen molar-refractivity contribution >= 4 is 5.78 Å². The van der Waals surface area contributed by atoms with Crippen molar-refractivity contribution < 1.29 is 9.53 Å². The number of ketones is 1. The van der Waals surface area contributed by atoms with Gasteiger partial charge in [0, 0.05) is 12.3 Å². The fourth-order valence-corrected chi connectivity index (χ4v) is 1.95. The fourth-order valence-electron chi connectivity index (χ4n) is 1.95. The minimum Gasteiger partial charge on any atom is -0.373 e. The third kappa shape index (κ3) is 5.93. The Balaban J connectivity index is 1.97. The normalized spacial score (nSPS) is 17.9. The molecule has 0 N–H and O–H groups in total. The van der Waals surface area contributed by atoms with E-state index in [0.717, 1.165) is 19.4 Å².